The first-order chi connectivity index (χ1) is 15.6. The third kappa shape index (κ3) is 4.64. The standard InChI is InChI=1S/C25H28N6O2/c1-15-16(2)27-23(29-22(15)32)31-21(13-20(30-31)25(3,4)5)28-24(33)26-14-18-11-8-10-17-9-6-7-12-19(17)18/h6-13H,14H2,1-5H3,(H2,26,28,33)(H,27,29,32). The minimum Gasteiger partial charge on any atom is -0.334 e. The molecule has 2 amide bonds. The molecule has 0 aliphatic carbocycles. The molecule has 0 saturated heterocycles. The highest BCUT2D eigenvalue weighted by Gasteiger charge is 2.22. The molecule has 2 aromatic carbocycles. The Hall–Kier alpha value is -3.94. The second-order valence-corrected chi connectivity index (χ2v) is 9.12. The zero-order valence-electron chi connectivity index (χ0n) is 19.5. The summed E-state index contributed by atoms with van der Waals surface area (Å²) in [6.07, 6.45) is 0. The van der Waals surface area contributed by atoms with Crippen molar-refractivity contribution < 1.29 is 4.79 Å². The van der Waals surface area contributed by atoms with Crippen molar-refractivity contribution in [1.29, 1.82) is 0 Å². The molecule has 0 aliphatic rings. The number of H-pyrrole nitrogens is 1. The van der Waals surface area contributed by atoms with Gasteiger partial charge in [0.1, 0.15) is 5.82 Å². The fourth-order valence-corrected chi connectivity index (χ4v) is 3.51. The Morgan fingerprint density at radius 3 is 2.55 bits per heavy atom. The summed E-state index contributed by atoms with van der Waals surface area (Å²) in [7, 11) is 0. The Kier molecular flexibility index (Phi) is 5.76. The summed E-state index contributed by atoms with van der Waals surface area (Å²) in [6, 6.07) is 15.5. The predicted octanol–water partition coefficient (Wildman–Crippen LogP) is 4.34. The molecule has 0 bridgehead atoms. The van der Waals surface area contributed by atoms with E-state index in [1.165, 1.54) is 4.68 Å². The van der Waals surface area contributed by atoms with Crippen LogP contribution in [0.5, 0.6) is 0 Å². The van der Waals surface area contributed by atoms with Gasteiger partial charge in [0.15, 0.2) is 0 Å². The highest BCUT2D eigenvalue weighted by Crippen LogP contribution is 2.25. The Morgan fingerprint density at radius 1 is 1.09 bits per heavy atom. The molecule has 0 unspecified atom stereocenters. The zero-order valence-corrected chi connectivity index (χ0v) is 19.5. The SMILES string of the molecule is Cc1nc(-n2nc(C(C)(C)C)cc2NC(=O)NCc2cccc3ccccc23)[nH]c(=O)c1C. The molecule has 3 N–H and O–H groups in total. The van der Waals surface area contributed by atoms with Crippen molar-refractivity contribution in [1.82, 2.24) is 25.1 Å². The van der Waals surface area contributed by atoms with Gasteiger partial charge < -0.3 is 5.32 Å². The number of aromatic nitrogens is 4. The largest absolute Gasteiger partial charge is 0.334 e. The number of hydrogen-bond acceptors (Lipinski definition) is 4. The fourth-order valence-electron chi connectivity index (χ4n) is 3.51. The second-order valence-electron chi connectivity index (χ2n) is 9.12. The lowest BCUT2D eigenvalue weighted by Crippen LogP contribution is -2.29. The maximum absolute atomic E-state index is 12.8. The zero-order chi connectivity index (χ0) is 23.8. The monoisotopic (exact) mass is 444 g/mol. The van der Waals surface area contributed by atoms with Crippen molar-refractivity contribution in [2.24, 2.45) is 0 Å². The molecule has 0 atom stereocenters. The smallest absolute Gasteiger partial charge is 0.320 e. The Labute approximate surface area is 192 Å². The number of hydrogen-bond donors (Lipinski definition) is 3. The van der Waals surface area contributed by atoms with Crippen LogP contribution in [0.4, 0.5) is 10.6 Å². The van der Waals surface area contributed by atoms with E-state index in [1.54, 1.807) is 19.9 Å². The van der Waals surface area contributed by atoms with E-state index in [4.69, 9.17) is 0 Å². The molecule has 170 valence electrons. The van der Waals surface area contributed by atoms with Gasteiger partial charge in [-0.1, -0.05) is 63.2 Å². The van der Waals surface area contributed by atoms with Gasteiger partial charge in [0.2, 0.25) is 5.95 Å². The number of carbonyl (C=O) groups excluding carboxylic acids is 1. The van der Waals surface area contributed by atoms with Gasteiger partial charge in [-0.15, -0.1) is 0 Å². The molecule has 0 aliphatic heterocycles. The number of urea groups is 1. The van der Waals surface area contributed by atoms with Crippen LogP contribution in [0.25, 0.3) is 16.7 Å². The van der Waals surface area contributed by atoms with Gasteiger partial charge in [0.25, 0.3) is 5.56 Å². The van der Waals surface area contributed by atoms with Crippen molar-refractivity contribution >= 4 is 22.6 Å². The van der Waals surface area contributed by atoms with Crippen molar-refractivity contribution in [2.45, 2.75) is 46.6 Å². The van der Waals surface area contributed by atoms with E-state index in [-0.39, 0.29) is 23.0 Å². The van der Waals surface area contributed by atoms with E-state index in [0.29, 0.717) is 23.6 Å². The number of aromatic amines is 1. The number of rotatable bonds is 4. The molecule has 4 aromatic rings. The minimum absolute atomic E-state index is 0.239. The first-order valence-corrected chi connectivity index (χ1v) is 10.8. The molecule has 4 rings (SSSR count). The average Bonchev–Trinajstić information content (AvgIpc) is 3.20. The van der Waals surface area contributed by atoms with Crippen LogP contribution in [0.3, 0.4) is 0 Å². The van der Waals surface area contributed by atoms with Crippen molar-refractivity contribution in [3.8, 4) is 5.95 Å². The molecule has 0 fully saturated rings. The van der Waals surface area contributed by atoms with Gasteiger partial charge in [-0.2, -0.15) is 9.78 Å². The van der Waals surface area contributed by atoms with Gasteiger partial charge >= 0.3 is 6.03 Å². The first kappa shape index (κ1) is 22.3. The van der Waals surface area contributed by atoms with Crippen molar-refractivity contribution in [3.05, 3.63) is 81.4 Å². The Balaban J connectivity index is 1.61. The topological polar surface area (TPSA) is 105 Å². The van der Waals surface area contributed by atoms with Crippen LogP contribution in [0, 0.1) is 13.8 Å². The maximum atomic E-state index is 12.8. The Bertz CT molecular complexity index is 1390. The predicted molar refractivity (Wildman–Crippen MR) is 130 cm³/mol. The third-order valence-corrected chi connectivity index (χ3v) is 5.62. The lowest BCUT2D eigenvalue weighted by Gasteiger charge is -2.14. The number of carbonyl (C=O) groups is 1. The number of nitrogens with zero attached hydrogens (tertiary/aromatic N) is 3. The third-order valence-electron chi connectivity index (χ3n) is 5.62. The molecule has 2 aromatic heterocycles. The average molecular weight is 445 g/mol. The summed E-state index contributed by atoms with van der Waals surface area (Å²) in [4.78, 5) is 32.3. The van der Waals surface area contributed by atoms with Gasteiger partial charge in [-0.25, -0.2) is 9.78 Å². The number of nitrogens with one attached hydrogen (secondary N) is 3. The number of fused-ring (bicyclic) bond motifs is 1. The van der Waals surface area contributed by atoms with Crippen LogP contribution in [0.2, 0.25) is 0 Å². The summed E-state index contributed by atoms with van der Waals surface area (Å²) >= 11 is 0. The summed E-state index contributed by atoms with van der Waals surface area (Å²) in [5.41, 5.74) is 2.43. The van der Waals surface area contributed by atoms with Gasteiger partial charge in [0, 0.05) is 29.3 Å². The van der Waals surface area contributed by atoms with Gasteiger partial charge in [-0.05, 0) is 30.2 Å². The summed E-state index contributed by atoms with van der Waals surface area (Å²) in [5.74, 6) is 0.671. The van der Waals surface area contributed by atoms with E-state index in [0.717, 1.165) is 22.0 Å². The highest BCUT2D eigenvalue weighted by atomic mass is 16.2. The number of aryl methyl sites for hydroxylation is 1. The molecule has 0 radical (unpaired) electrons. The number of amides is 2. The normalized spacial score (nSPS) is 11.5. The van der Waals surface area contributed by atoms with Crippen LogP contribution in [0.1, 0.15) is 43.3 Å². The minimum atomic E-state index is -0.379. The van der Waals surface area contributed by atoms with Gasteiger partial charge in [0.05, 0.1) is 5.69 Å². The summed E-state index contributed by atoms with van der Waals surface area (Å²) in [5, 5.41) is 12.6. The molecular weight excluding hydrogens is 416 g/mol. The van der Waals surface area contributed by atoms with E-state index in [2.05, 4.69) is 25.7 Å². The highest BCUT2D eigenvalue weighted by molar-refractivity contribution is 5.90. The Morgan fingerprint density at radius 2 is 1.82 bits per heavy atom. The lowest BCUT2D eigenvalue weighted by atomic mass is 9.92. The molecule has 33 heavy (non-hydrogen) atoms. The summed E-state index contributed by atoms with van der Waals surface area (Å²) < 4.78 is 1.46. The van der Waals surface area contributed by atoms with Gasteiger partial charge in [-0.3, -0.25) is 15.1 Å². The number of anilines is 1. The number of benzene rings is 2. The van der Waals surface area contributed by atoms with Crippen LogP contribution in [-0.4, -0.2) is 25.8 Å². The van der Waals surface area contributed by atoms with E-state index in [1.807, 2.05) is 63.2 Å². The molecule has 8 nitrogen and oxygen atoms in total. The maximum Gasteiger partial charge on any atom is 0.320 e. The van der Waals surface area contributed by atoms with Crippen LogP contribution < -0.4 is 16.2 Å². The fraction of sp³-hybridized carbons (Fsp3) is 0.280. The molecule has 8 heteroatoms. The van der Waals surface area contributed by atoms with E-state index < -0.39 is 0 Å². The van der Waals surface area contributed by atoms with Crippen molar-refractivity contribution in [2.75, 3.05) is 5.32 Å². The lowest BCUT2D eigenvalue weighted by molar-refractivity contribution is 0.251. The quantitative estimate of drug-likeness (QED) is 0.435. The molecule has 0 spiro atoms. The second kappa shape index (κ2) is 8.54. The molecule has 2 heterocycles. The summed E-state index contributed by atoms with van der Waals surface area (Å²) in [6.45, 7) is 9.94. The van der Waals surface area contributed by atoms with Crippen LogP contribution in [0.15, 0.2) is 53.3 Å². The van der Waals surface area contributed by atoms with Crippen LogP contribution in [-0.2, 0) is 12.0 Å². The first-order valence-electron chi connectivity index (χ1n) is 10.8. The van der Waals surface area contributed by atoms with Crippen LogP contribution >= 0.6 is 0 Å². The molecule has 0 saturated carbocycles. The molecular formula is C25H28N6O2. The van der Waals surface area contributed by atoms with E-state index >= 15 is 0 Å². The van der Waals surface area contributed by atoms with Crippen molar-refractivity contribution in [3.63, 3.8) is 0 Å². The van der Waals surface area contributed by atoms with E-state index in [9.17, 15) is 9.59 Å².